The summed E-state index contributed by atoms with van der Waals surface area (Å²) in [5.41, 5.74) is 0.848. The maximum atomic E-state index is 13.8. The lowest BCUT2D eigenvalue weighted by atomic mass is 9.85. The number of rotatable bonds is 6. The number of aromatic nitrogens is 2. The van der Waals surface area contributed by atoms with Crippen molar-refractivity contribution in [2.24, 2.45) is 5.92 Å². The van der Waals surface area contributed by atoms with Crippen molar-refractivity contribution in [1.29, 1.82) is 0 Å². The molecule has 1 N–H and O–H groups in total. The Morgan fingerprint density at radius 1 is 1.20 bits per heavy atom. The highest BCUT2D eigenvalue weighted by Crippen LogP contribution is 2.38. The second-order valence-electron chi connectivity index (χ2n) is 9.27. The van der Waals surface area contributed by atoms with Crippen molar-refractivity contribution in [1.82, 2.24) is 14.4 Å². The molecule has 1 aliphatic heterocycles. The van der Waals surface area contributed by atoms with Gasteiger partial charge in [0, 0.05) is 29.6 Å². The molecule has 1 saturated heterocycles. The van der Waals surface area contributed by atoms with Crippen molar-refractivity contribution >= 4 is 33.0 Å². The van der Waals surface area contributed by atoms with Crippen LogP contribution >= 0.6 is 11.3 Å². The zero-order chi connectivity index (χ0) is 24.7. The van der Waals surface area contributed by atoms with E-state index < -0.39 is 21.8 Å². The van der Waals surface area contributed by atoms with Gasteiger partial charge in [-0.05, 0) is 63.3 Å². The number of anilines is 1. The molecule has 0 radical (unpaired) electrons. The average Bonchev–Trinajstić information content (AvgIpc) is 3.42. The molecule has 1 atom stereocenters. The summed E-state index contributed by atoms with van der Waals surface area (Å²) in [5, 5.41) is 6.79. The fourth-order valence-corrected chi connectivity index (χ4v) is 7.43. The van der Waals surface area contributed by atoms with Gasteiger partial charge in [0.2, 0.25) is 27.6 Å². The summed E-state index contributed by atoms with van der Waals surface area (Å²) < 4.78 is 47.6. The fraction of sp³-hybridized carbons (Fsp3) is 0.458. The van der Waals surface area contributed by atoms with Crippen molar-refractivity contribution in [3.63, 3.8) is 0 Å². The number of halogens is 1. The first kappa shape index (κ1) is 24.1. The van der Waals surface area contributed by atoms with Crippen LogP contribution in [0.15, 0.2) is 33.7 Å². The summed E-state index contributed by atoms with van der Waals surface area (Å²) in [6.07, 6.45) is 4.35. The number of hydrogen-bond acceptors (Lipinski definition) is 7. The zero-order valence-electron chi connectivity index (χ0n) is 19.6. The summed E-state index contributed by atoms with van der Waals surface area (Å²) in [6.45, 7) is 3.81. The molecule has 0 bridgehead atoms. The van der Waals surface area contributed by atoms with Crippen LogP contribution in [0.3, 0.4) is 0 Å². The number of hydrogen-bond donors (Lipinski definition) is 1. The van der Waals surface area contributed by atoms with Gasteiger partial charge in [-0.25, -0.2) is 12.8 Å². The number of carbonyl (C=O) groups is 1. The molecule has 3 aromatic rings. The Balaban J connectivity index is 1.31. The van der Waals surface area contributed by atoms with Gasteiger partial charge in [-0.3, -0.25) is 4.79 Å². The minimum absolute atomic E-state index is 0.0706. The fourth-order valence-electron chi connectivity index (χ4n) is 4.42. The molecule has 1 saturated carbocycles. The van der Waals surface area contributed by atoms with Crippen LogP contribution in [0.4, 0.5) is 10.1 Å². The molecule has 8 nitrogen and oxygen atoms in total. The average molecular weight is 519 g/mol. The summed E-state index contributed by atoms with van der Waals surface area (Å²) in [6, 6.07) is 6.11. The third-order valence-electron chi connectivity index (χ3n) is 6.80. The van der Waals surface area contributed by atoms with E-state index in [1.807, 2.05) is 0 Å². The van der Waals surface area contributed by atoms with Gasteiger partial charge in [0.1, 0.15) is 5.82 Å². The Kier molecular flexibility index (Phi) is 6.49. The van der Waals surface area contributed by atoms with Crippen LogP contribution in [-0.4, -0.2) is 41.9 Å². The molecule has 186 valence electrons. The van der Waals surface area contributed by atoms with Crippen molar-refractivity contribution in [2.75, 3.05) is 18.4 Å². The van der Waals surface area contributed by atoms with Crippen LogP contribution in [0.1, 0.15) is 54.4 Å². The number of aryl methyl sites for hydroxylation is 2. The van der Waals surface area contributed by atoms with Crippen molar-refractivity contribution in [3.05, 3.63) is 46.4 Å². The van der Waals surface area contributed by atoms with Gasteiger partial charge in [0.15, 0.2) is 0 Å². The van der Waals surface area contributed by atoms with E-state index in [1.54, 1.807) is 32.0 Å². The predicted octanol–water partition coefficient (Wildman–Crippen LogP) is 4.86. The minimum atomic E-state index is -3.82. The highest BCUT2D eigenvalue weighted by molar-refractivity contribution is 7.89. The van der Waals surface area contributed by atoms with Gasteiger partial charge in [0.25, 0.3) is 0 Å². The molecule has 1 aromatic carbocycles. The number of thiophene rings is 1. The normalized spacial score (nSPS) is 19.5. The van der Waals surface area contributed by atoms with Gasteiger partial charge in [-0.1, -0.05) is 17.6 Å². The largest absolute Gasteiger partial charge is 0.339 e. The monoisotopic (exact) mass is 518 g/mol. The molecule has 35 heavy (non-hydrogen) atoms. The lowest BCUT2D eigenvalue weighted by Gasteiger charge is -2.31. The summed E-state index contributed by atoms with van der Waals surface area (Å²) in [7, 11) is -3.82. The Morgan fingerprint density at radius 3 is 2.71 bits per heavy atom. The number of nitrogens with zero attached hydrogens (tertiary/aromatic N) is 3. The Morgan fingerprint density at radius 2 is 2.00 bits per heavy atom. The van der Waals surface area contributed by atoms with E-state index in [-0.39, 0.29) is 17.3 Å². The van der Waals surface area contributed by atoms with Gasteiger partial charge in [0.05, 0.1) is 15.7 Å². The maximum absolute atomic E-state index is 13.8. The molecule has 2 aromatic heterocycles. The van der Waals surface area contributed by atoms with Crippen LogP contribution in [0.5, 0.6) is 0 Å². The van der Waals surface area contributed by atoms with Gasteiger partial charge in [-0.2, -0.15) is 9.29 Å². The van der Waals surface area contributed by atoms with E-state index in [1.165, 1.54) is 21.7 Å². The third-order valence-corrected chi connectivity index (χ3v) is 9.97. The lowest BCUT2D eigenvalue weighted by molar-refractivity contribution is -0.120. The van der Waals surface area contributed by atoms with Gasteiger partial charge < -0.3 is 9.84 Å². The highest BCUT2D eigenvalue weighted by atomic mass is 32.2. The van der Waals surface area contributed by atoms with Crippen LogP contribution in [0.2, 0.25) is 0 Å². The van der Waals surface area contributed by atoms with Crippen molar-refractivity contribution in [3.8, 4) is 10.7 Å². The summed E-state index contributed by atoms with van der Waals surface area (Å²) >= 11 is 1.31. The van der Waals surface area contributed by atoms with Gasteiger partial charge >= 0.3 is 0 Å². The van der Waals surface area contributed by atoms with E-state index in [0.29, 0.717) is 58.0 Å². The SMILES string of the molecule is Cc1ccc(NC(=O)[C@H]2CCCN(S(=O)(=O)c3cc(-c4noc(C5CCC5)n4)sc3C)C2)cc1F. The molecule has 2 aliphatic rings. The first-order valence-corrected chi connectivity index (χ1v) is 14.0. The van der Waals surface area contributed by atoms with Crippen LogP contribution < -0.4 is 5.32 Å². The van der Waals surface area contributed by atoms with E-state index >= 15 is 0 Å². The summed E-state index contributed by atoms with van der Waals surface area (Å²) in [5.74, 6) is 0.0756. The molecule has 1 amide bonds. The van der Waals surface area contributed by atoms with E-state index in [2.05, 4.69) is 15.5 Å². The van der Waals surface area contributed by atoms with Gasteiger partial charge in [-0.15, -0.1) is 11.3 Å². The standard InChI is InChI=1S/C24H27FN4O4S2/c1-14-8-9-18(11-19(14)25)26-23(30)17-7-4-10-29(13-17)35(31,32)21-12-20(34-15(21)2)22-27-24(33-28-22)16-5-3-6-16/h8-9,11-12,16-17H,3-7,10,13H2,1-2H3,(H,26,30)/t17-/m0/s1. The molecule has 5 rings (SSSR count). The summed E-state index contributed by atoms with van der Waals surface area (Å²) in [4.78, 5) is 18.8. The number of nitrogens with one attached hydrogen (secondary N) is 1. The number of sulfonamides is 1. The predicted molar refractivity (Wildman–Crippen MR) is 130 cm³/mol. The van der Waals surface area contributed by atoms with Crippen LogP contribution in [0.25, 0.3) is 10.7 Å². The topological polar surface area (TPSA) is 105 Å². The van der Waals surface area contributed by atoms with E-state index in [0.717, 1.165) is 19.3 Å². The molecule has 0 spiro atoms. The quantitative estimate of drug-likeness (QED) is 0.500. The minimum Gasteiger partial charge on any atom is -0.339 e. The first-order chi connectivity index (χ1) is 16.7. The Labute approximate surface area is 207 Å². The van der Waals surface area contributed by atoms with Crippen molar-refractivity contribution in [2.45, 2.75) is 56.8 Å². The molecule has 1 aliphatic carbocycles. The first-order valence-electron chi connectivity index (χ1n) is 11.7. The molecule has 11 heteroatoms. The number of amides is 1. The third kappa shape index (κ3) is 4.76. The lowest BCUT2D eigenvalue weighted by Crippen LogP contribution is -2.43. The Hall–Kier alpha value is -2.63. The molecule has 2 fully saturated rings. The Bertz CT molecular complexity index is 1360. The second-order valence-corrected chi connectivity index (χ2v) is 12.4. The van der Waals surface area contributed by atoms with E-state index in [4.69, 9.17) is 4.52 Å². The number of carbonyl (C=O) groups excluding carboxylic acids is 1. The molecular weight excluding hydrogens is 491 g/mol. The van der Waals surface area contributed by atoms with Crippen LogP contribution in [-0.2, 0) is 14.8 Å². The van der Waals surface area contributed by atoms with E-state index in [9.17, 15) is 17.6 Å². The highest BCUT2D eigenvalue weighted by Gasteiger charge is 2.35. The number of piperidine rings is 1. The second kappa shape index (κ2) is 9.44. The van der Waals surface area contributed by atoms with Crippen molar-refractivity contribution < 1.29 is 22.1 Å². The molecule has 3 heterocycles. The molecular formula is C24H27FN4O4S2. The smallest absolute Gasteiger partial charge is 0.244 e. The number of benzene rings is 1. The maximum Gasteiger partial charge on any atom is 0.244 e. The zero-order valence-corrected chi connectivity index (χ0v) is 21.2. The molecule has 0 unspecified atom stereocenters. The van der Waals surface area contributed by atoms with Crippen LogP contribution in [0, 0.1) is 25.6 Å².